The van der Waals surface area contributed by atoms with Gasteiger partial charge in [0.1, 0.15) is 11.4 Å². The van der Waals surface area contributed by atoms with Crippen molar-refractivity contribution in [2.45, 2.75) is 71.4 Å². The lowest BCUT2D eigenvalue weighted by atomic mass is 9.81. The molecule has 1 amide bonds. The molecule has 0 saturated heterocycles. The van der Waals surface area contributed by atoms with Crippen LogP contribution in [0.1, 0.15) is 59.8 Å². The zero-order chi connectivity index (χ0) is 13.8. The van der Waals surface area contributed by atoms with Gasteiger partial charge in [-0.1, -0.05) is 19.8 Å². The van der Waals surface area contributed by atoms with Crippen LogP contribution in [-0.4, -0.2) is 23.5 Å². The number of rotatable bonds is 3. The quantitative estimate of drug-likeness (QED) is 0.843. The zero-order valence-corrected chi connectivity index (χ0v) is 11.9. The maximum atomic E-state index is 11.9. The largest absolute Gasteiger partial charge is 0.444 e. The number of amides is 1. The monoisotopic (exact) mass is 255 g/mol. The Morgan fingerprint density at radius 1 is 1.22 bits per heavy atom. The fourth-order valence-corrected chi connectivity index (χ4v) is 2.41. The van der Waals surface area contributed by atoms with E-state index in [0.717, 1.165) is 25.7 Å². The molecule has 1 rings (SSSR count). The molecular weight excluding hydrogens is 230 g/mol. The van der Waals surface area contributed by atoms with Gasteiger partial charge in [0.05, 0.1) is 0 Å². The first-order chi connectivity index (χ1) is 8.33. The summed E-state index contributed by atoms with van der Waals surface area (Å²) in [6.07, 6.45) is 4.01. The van der Waals surface area contributed by atoms with Crippen LogP contribution in [0, 0.1) is 5.92 Å². The van der Waals surface area contributed by atoms with Crippen molar-refractivity contribution in [2.75, 3.05) is 0 Å². The van der Waals surface area contributed by atoms with E-state index in [0.29, 0.717) is 6.42 Å². The SMILES string of the molecule is CCC(=O)[C@@H]1CCCC[C@@H]1NC(=O)OC(C)(C)C. The zero-order valence-electron chi connectivity index (χ0n) is 11.9. The Hall–Kier alpha value is -1.06. The number of ketones is 1. The predicted molar refractivity (Wildman–Crippen MR) is 70.4 cm³/mol. The maximum Gasteiger partial charge on any atom is 0.407 e. The second-order valence-corrected chi connectivity index (χ2v) is 5.96. The summed E-state index contributed by atoms with van der Waals surface area (Å²) in [5, 5.41) is 2.86. The second kappa shape index (κ2) is 6.21. The number of alkyl carbamates (subject to hydrolysis) is 1. The summed E-state index contributed by atoms with van der Waals surface area (Å²) in [6, 6.07) is -0.0546. The van der Waals surface area contributed by atoms with Crippen molar-refractivity contribution < 1.29 is 14.3 Å². The molecule has 18 heavy (non-hydrogen) atoms. The second-order valence-electron chi connectivity index (χ2n) is 5.96. The molecule has 0 aromatic heterocycles. The molecule has 0 aromatic carbocycles. The Kier molecular flexibility index (Phi) is 5.17. The highest BCUT2D eigenvalue weighted by atomic mass is 16.6. The minimum Gasteiger partial charge on any atom is -0.444 e. The number of ether oxygens (including phenoxy) is 1. The summed E-state index contributed by atoms with van der Waals surface area (Å²) in [6.45, 7) is 7.38. The van der Waals surface area contributed by atoms with Crippen LogP contribution in [0.2, 0.25) is 0 Å². The van der Waals surface area contributed by atoms with Gasteiger partial charge in [0.2, 0.25) is 0 Å². The highest BCUT2D eigenvalue weighted by Crippen LogP contribution is 2.26. The molecule has 4 nitrogen and oxygen atoms in total. The summed E-state index contributed by atoms with van der Waals surface area (Å²) in [7, 11) is 0. The van der Waals surface area contributed by atoms with E-state index in [1.165, 1.54) is 0 Å². The Labute approximate surface area is 109 Å². The van der Waals surface area contributed by atoms with Crippen molar-refractivity contribution in [3.05, 3.63) is 0 Å². The minimum absolute atomic E-state index is 0.0312. The van der Waals surface area contributed by atoms with Gasteiger partial charge in [-0.05, 0) is 33.6 Å². The van der Waals surface area contributed by atoms with Crippen LogP contribution in [0.15, 0.2) is 0 Å². The van der Waals surface area contributed by atoms with Crippen LogP contribution in [0.25, 0.3) is 0 Å². The lowest BCUT2D eigenvalue weighted by Crippen LogP contribution is -2.46. The van der Waals surface area contributed by atoms with Gasteiger partial charge in [0, 0.05) is 18.4 Å². The third kappa shape index (κ3) is 4.67. The van der Waals surface area contributed by atoms with Crippen molar-refractivity contribution in [1.29, 1.82) is 0 Å². The molecule has 0 radical (unpaired) electrons. The lowest BCUT2D eigenvalue weighted by Gasteiger charge is -2.31. The first-order valence-electron chi connectivity index (χ1n) is 6.85. The van der Waals surface area contributed by atoms with E-state index < -0.39 is 11.7 Å². The summed E-state index contributed by atoms with van der Waals surface area (Å²) in [4.78, 5) is 23.6. The molecule has 0 heterocycles. The average molecular weight is 255 g/mol. The van der Waals surface area contributed by atoms with E-state index in [4.69, 9.17) is 4.74 Å². The van der Waals surface area contributed by atoms with Crippen LogP contribution in [-0.2, 0) is 9.53 Å². The molecule has 1 aliphatic carbocycles. The number of nitrogens with one attached hydrogen (secondary N) is 1. The molecular formula is C14H25NO3. The number of hydrogen-bond donors (Lipinski definition) is 1. The Balaban J connectivity index is 2.57. The van der Waals surface area contributed by atoms with E-state index in [-0.39, 0.29) is 17.7 Å². The topological polar surface area (TPSA) is 55.4 Å². The van der Waals surface area contributed by atoms with E-state index in [9.17, 15) is 9.59 Å². The van der Waals surface area contributed by atoms with E-state index >= 15 is 0 Å². The van der Waals surface area contributed by atoms with Crippen molar-refractivity contribution >= 4 is 11.9 Å². The molecule has 0 spiro atoms. The summed E-state index contributed by atoms with van der Waals surface area (Å²) >= 11 is 0. The van der Waals surface area contributed by atoms with Crippen LogP contribution in [0.4, 0.5) is 4.79 Å². The van der Waals surface area contributed by atoms with Crippen LogP contribution in [0.3, 0.4) is 0 Å². The van der Waals surface area contributed by atoms with Crippen molar-refractivity contribution in [1.82, 2.24) is 5.32 Å². The molecule has 0 aliphatic heterocycles. The standard InChI is InChI=1S/C14H25NO3/c1-5-12(16)10-8-6-7-9-11(10)15-13(17)18-14(2,3)4/h10-11H,5-9H2,1-4H3,(H,15,17)/t10-,11+/m1/s1. The Morgan fingerprint density at radius 3 is 2.39 bits per heavy atom. The normalized spacial score (nSPS) is 24.4. The molecule has 1 saturated carbocycles. The van der Waals surface area contributed by atoms with Crippen LogP contribution >= 0.6 is 0 Å². The molecule has 1 N–H and O–H groups in total. The van der Waals surface area contributed by atoms with Crippen LogP contribution in [0.5, 0.6) is 0 Å². The number of carbonyl (C=O) groups is 2. The number of hydrogen-bond acceptors (Lipinski definition) is 3. The Bertz CT molecular complexity index is 307. The van der Waals surface area contributed by atoms with Gasteiger partial charge in [0.15, 0.2) is 0 Å². The molecule has 0 aromatic rings. The van der Waals surface area contributed by atoms with Crippen LogP contribution < -0.4 is 5.32 Å². The Morgan fingerprint density at radius 2 is 1.83 bits per heavy atom. The smallest absolute Gasteiger partial charge is 0.407 e. The van der Waals surface area contributed by atoms with Gasteiger partial charge in [-0.3, -0.25) is 4.79 Å². The van der Waals surface area contributed by atoms with Crippen molar-refractivity contribution in [2.24, 2.45) is 5.92 Å². The first kappa shape index (κ1) is 15.0. The van der Waals surface area contributed by atoms with E-state index in [1.54, 1.807) is 0 Å². The number of Topliss-reactive ketones (excluding diaryl/α,β-unsaturated/α-hetero) is 1. The van der Waals surface area contributed by atoms with E-state index in [1.807, 2.05) is 27.7 Å². The summed E-state index contributed by atoms with van der Waals surface area (Å²) in [5.41, 5.74) is -0.497. The average Bonchev–Trinajstić information content (AvgIpc) is 2.26. The summed E-state index contributed by atoms with van der Waals surface area (Å²) < 4.78 is 5.24. The molecule has 4 heteroatoms. The lowest BCUT2D eigenvalue weighted by molar-refractivity contribution is -0.124. The molecule has 1 aliphatic rings. The predicted octanol–water partition coefficient (Wildman–Crippen LogP) is 3.05. The molecule has 0 unspecified atom stereocenters. The highest BCUT2D eigenvalue weighted by molar-refractivity contribution is 5.82. The van der Waals surface area contributed by atoms with Gasteiger partial charge in [-0.2, -0.15) is 0 Å². The highest BCUT2D eigenvalue weighted by Gasteiger charge is 2.31. The molecule has 0 bridgehead atoms. The van der Waals surface area contributed by atoms with Gasteiger partial charge >= 0.3 is 6.09 Å². The fourth-order valence-electron chi connectivity index (χ4n) is 2.41. The van der Waals surface area contributed by atoms with Crippen molar-refractivity contribution in [3.63, 3.8) is 0 Å². The van der Waals surface area contributed by atoms with Crippen molar-refractivity contribution in [3.8, 4) is 0 Å². The first-order valence-corrected chi connectivity index (χ1v) is 6.85. The van der Waals surface area contributed by atoms with Gasteiger partial charge < -0.3 is 10.1 Å². The molecule has 2 atom stereocenters. The van der Waals surface area contributed by atoms with Gasteiger partial charge in [-0.25, -0.2) is 4.79 Å². The third-order valence-electron chi connectivity index (χ3n) is 3.23. The summed E-state index contributed by atoms with van der Waals surface area (Å²) in [5.74, 6) is 0.215. The minimum atomic E-state index is -0.497. The fraction of sp³-hybridized carbons (Fsp3) is 0.857. The number of carbonyl (C=O) groups excluding carboxylic acids is 2. The third-order valence-corrected chi connectivity index (χ3v) is 3.23. The molecule has 1 fully saturated rings. The maximum absolute atomic E-state index is 11.9. The van der Waals surface area contributed by atoms with Gasteiger partial charge in [0.25, 0.3) is 0 Å². The molecule has 104 valence electrons. The van der Waals surface area contributed by atoms with E-state index in [2.05, 4.69) is 5.32 Å². The van der Waals surface area contributed by atoms with Gasteiger partial charge in [-0.15, -0.1) is 0 Å².